The minimum absolute atomic E-state index is 0.197. The van der Waals surface area contributed by atoms with Gasteiger partial charge in [-0.15, -0.1) is 0 Å². The van der Waals surface area contributed by atoms with Crippen LogP contribution in [0.4, 0.5) is 15.3 Å². The van der Waals surface area contributed by atoms with Gasteiger partial charge in [0.05, 0.1) is 26.3 Å². The first-order valence-corrected chi connectivity index (χ1v) is 18.2. The molecular weight excluding hydrogens is 646 g/mol. The molecule has 0 fully saturated rings. The molecule has 274 valence electrons. The lowest BCUT2D eigenvalue weighted by molar-refractivity contribution is 0.102. The first-order chi connectivity index (χ1) is 24.8. The highest BCUT2D eigenvalue weighted by Gasteiger charge is 2.20. The van der Waals surface area contributed by atoms with Crippen molar-refractivity contribution in [1.82, 2.24) is 28.9 Å². The maximum absolute atomic E-state index is 13.2. The summed E-state index contributed by atoms with van der Waals surface area (Å²) in [5.74, 6) is 0.785. The number of benzene rings is 2. The summed E-state index contributed by atoms with van der Waals surface area (Å²) in [5.41, 5.74) is 3.41. The van der Waals surface area contributed by atoms with E-state index in [1.54, 1.807) is 36.9 Å². The molecule has 2 heterocycles. The van der Waals surface area contributed by atoms with Crippen molar-refractivity contribution in [3.8, 4) is 0 Å². The van der Waals surface area contributed by atoms with Crippen molar-refractivity contribution in [3.05, 3.63) is 102 Å². The van der Waals surface area contributed by atoms with Crippen LogP contribution in [0.5, 0.6) is 0 Å². The second kappa shape index (κ2) is 20.8. The number of hydrogen-bond donors (Lipinski definition) is 1. The molecule has 0 saturated carbocycles. The molecule has 0 atom stereocenters. The Labute approximate surface area is 301 Å². The van der Waals surface area contributed by atoms with E-state index in [0.717, 1.165) is 69.4 Å². The summed E-state index contributed by atoms with van der Waals surface area (Å²) < 4.78 is 13.7. The number of carbonyl (C=O) groups excluding carboxylic acids is 3. The number of aromatic nitrogens is 4. The molecule has 0 spiro atoms. The van der Waals surface area contributed by atoms with Crippen LogP contribution < -0.4 is 5.32 Å². The molecule has 0 radical (unpaired) electrons. The summed E-state index contributed by atoms with van der Waals surface area (Å²) in [6.07, 6.45) is 10.9. The topological polar surface area (TPSA) is 124 Å². The van der Waals surface area contributed by atoms with Gasteiger partial charge >= 0.3 is 12.2 Å². The number of hydrogen-bond acceptors (Lipinski definition) is 9. The predicted molar refractivity (Wildman–Crippen MR) is 197 cm³/mol. The van der Waals surface area contributed by atoms with E-state index in [1.165, 1.54) is 14.7 Å². The van der Waals surface area contributed by atoms with Crippen LogP contribution >= 0.6 is 0 Å². The highest BCUT2D eigenvalue weighted by molar-refractivity contribution is 6.04. The van der Waals surface area contributed by atoms with Gasteiger partial charge in [-0.1, -0.05) is 64.8 Å². The zero-order chi connectivity index (χ0) is 36.4. The van der Waals surface area contributed by atoms with Crippen molar-refractivity contribution in [3.63, 3.8) is 0 Å². The molecule has 0 aliphatic heterocycles. The predicted octanol–water partition coefficient (Wildman–Crippen LogP) is 7.73. The zero-order valence-corrected chi connectivity index (χ0v) is 30.6. The van der Waals surface area contributed by atoms with Crippen molar-refractivity contribution in [1.29, 1.82) is 0 Å². The second-order valence-corrected chi connectivity index (χ2v) is 12.6. The summed E-state index contributed by atoms with van der Waals surface area (Å²) in [4.78, 5) is 52.2. The Hall–Kier alpha value is -4.81. The van der Waals surface area contributed by atoms with E-state index in [2.05, 4.69) is 46.2 Å². The van der Waals surface area contributed by atoms with E-state index in [4.69, 9.17) is 9.47 Å². The molecular formula is C39H53N7O5. The van der Waals surface area contributed by atoms with Crippen molar-refractivity contribution >= 4 is 23.8 Å². The molecule has 12 nitrogen and oxygen atoms in total. The molecule has 0 aliphatic rings. The Bertz CT molecular complexity index is 1580. The maximum atomic E-state index is 13.2. The largest absolute Gasteiger partial charge is 0.449 e. The number of anilines is 1. The van der Waals surface area contributed by atoms with E-state index in [1.807, 2.05) is 43.0 Å². The first-order valence-electron chi connectivity index (χ1n) is 18.2. The third kappa shape index (κ3) is 12.2. The van der Waals surface area contributed by atoms with Gasteiger partial charge in [-0.2, -0.15) is 0 Å². The Morgan fingerprint density at radius 2 is 1.10 bits per heavy atom. The first kappa shape index (κ1) is 39.0. The number of carbonyl (C=O) groups is 3. The summed E-state index contributed by atoms with van der Waals surface area (Å²) in [7, 11) is 0. The third-order valence-corrected chi connectivity index (χ3v) is 8.33. The van der Waals surface area contributed by atoms with Crippen LogP contribution in [-0.2, 0) is 35.7 Å². The summed E-state index contributed by atoms with van der Waals surface area (Å²) in [5, 5.41) is 3.01. The minimum Gasteiger partial charge on any atom is -0.449 e. The molecule has 2 aromatic carbocycles. The summed E-state index contributed by atoms with van der Waals surface area (Å²) in [6, 6.07) is 15.4. The van der Waals surface area contributed by atoms with Gasteiger partial charge in [0.2, 0.25) is 0 Å². The second-order valence-electron chi connectivity index (χ2n) is 12.6. The molecule has 4 aromatic rings. The van der Waals surface area contributed by atoms with Crippen molar-refractivity contribution in [2.45, 2.75) is 92.4 Å². The van der Waals surface area contributed by atoms with Gasteiger partial charge in [-0.3, -0.25) is 14.6 Å². The zero-order valence-electron chi connectivity index (χ0n) is 30.6. The summed E-state index contributed by atoms with van der Waals surface area (Å²) in [6.45, 7) is 13.1. The Morgan fingerprint density at radius 1 is 0.627 bits per heavy atom. The lowest BCUT2D eigenvalue weighted by Gasteiger charge is -2.22. The van der Waals surface area contributed by atoms with E-state index >= 15 is 0 Å². The van der Waals surface area contributed by atoms with Crippen LogP contribution in [0.1, 0.15) is 99.4 Å². The van der Waals surface area contributed by atoms with Gasteiger partial charge in [0.25, 0.3) is 5.91 Å². The normalized spacial score (nSPS) is 11.3. The molecule has 0 unspecified atom stereocenters. The fourth-order valence-corrected chi connectivity index (χ4v) is 5.63. The van der Waals surface area contributed by atoms with Crippen molar-refractivity contribution in [2.75, 3.05) is 31.6 Å². The Balaban J connectivity index is 1.46. The quantitative estimate of drug-likeness (QED) is 0.0924. The number of imidazole rings is 2. The molecule has 1 N–H and O–H groups in total. The van der Waals surface area contributed by atoms with E-state index in [0.29, 0.717) is 37.0 Å². The number of unbranched alkanes of at least 4 members (excludes halogenated alkanes) is 2. The monoisotopic (exact) mass is 699 g/mol. The Kier molecular flexibility index (Phi) is 15.9. The molecule has 51 heavy (non-hydrogen) atoms. The van der Waals surface area contributed by atoms with Crippen LogP contribution in [-0.4, -0.2) is 73.3 Å². The fourth-order valence-electron chi connectivity index (χ4n) is 5.63. The van der Waals surface area contributed by atoms with Crippen molar-refractivity contribution < 1.29 is 23.9 Å². The highest BCUT2D eigenvalue weighted by atomic mass is 16.6. The van der Waals surface area contributed by atoms with Gasteiger partial charge in [0.1, 0.15) is 11.6 Å². The standard InChI is InChI=1S/C39H53N7O5/c1-5-9-25-50-38(48)45-23-19-40-35(45)29-44(30-36-41-20-24-46(36)39(49)51-26-10-6-2)28-31-11-15-33(16-12-31)37(47)42-34-17-13-32(14-18-34)27-43(21-7-3)22-8-4/h11-20,23-24H,5-10,21-22,25-30H2,1-4H3,(H,42,47). The van der Waals surface area contributed by atoms with Crippen LogP contribution in [0.2, 0.25) is 0 Å². The van der Waals surface area contributed by atoms with E-state index in [-0.39, 0.29) is 19.0 Å². The lowest BCUT2D eigenvalue weighted by Crippen LogP contribution is -2.28. The van der Waals surface area contributed by atoms with Gasteiger partial charge in [0, 0.05) is 49.1 Å². The van der Waals surface area contributed by atoms with Crippen LogP contribution in [0, 0.1) is 0 Å². The van der Waals surface area contributed by atoms with E-state index < -0.39 is 12.2 Å². The molecule has 0 saturated heterocycles. The third-order valence-electron chi connectivity index (χ3n) is 8.33. The molecule has 0 bridgehead atoms. The molecule has 12 heteroatoms. The van der Waals surface area contributed by atoms with Crippen LogP contribution in [0.15, 0.2) is 73.3 Å². The number of ether oxygens (including phenoxy) is 2. The average molecular weight is 700 g/mol. The minimum atomic E-state index is -0.489. The van der Waals surface area contributed by atoms with Gasteiger partial charge in [0.15, 0.2) is 0 Å². The van der Waals surface area contributed by atoms with Crippen LogP contribution in [0.3, 0.4) is 0 Å². The smallest absolute Gasteiger partial charge is 0.419 e. The molecule has 0 aliphatic carbocycles. The van der Waals surface area contributed by atoms with Gasteiger partial charge in [-0.25, -0.2) is 28.7 Å². The SMILES string of the molecule is CCCCOC(=O)n1ccnc1CN(Cc1ccc(C(=O)Nc2ccc(CN(CCC)CCC)cc2)cc1)Cc1nccn1C(=O)OCCCC. The highest BCUT2D eigenvalue weighted by Crippen LogP contribution is 2.17. The Morgan fingerprint density at radius 3 is 1.57 bits per heavy atom. The lowest BCUT2D eigenvalue weighted by atomic mass is 10.1. The number of amides is 1. The number of nitrogens with zero attached hydrogens (tertiary/aromatic N) is 6. The van der Waals surface area contributed by atoms with Crippen LogP contribution in [0.25, 0.3) is 0 Å². The molecule has 2 aromatic heterocycles. The van der Waals surface area contributed by atoms with E-state index in [9.17, 15) is 14.4 Å². The summed E-state index contributed by atoms with van der Waals surface area (Å²) >= 11 is 0. The maximum Gasteiger partial charge on any atom is 0.419 e. The van der Waals surface area contributed by atoms with Gasteiger partial charge in [-0.05, 0) is 74.2 Å². The average Bonchev–Trinajstić information content (AvgIpc) is 3.79. The molecule has 4 rings (SSSR count). The fraction of sp³-hybridized carbons (Fsp3) is 0.462. The van der Waals surface area contributed by atoms with Crippen molar-refractivity contribution in [2.24, 2.45) is 0 Å². The van der Waals surface area contributed by atoms with Gasteiger partial charge < -0.3 is 14.8 Å². The number of rotatable bonds is 20. The molecule has 1 amide bonds. The number of nitrogens with one attached hydrogen (secondary N) is 1.